The van der Waals surface area contributed by atoms with E-state index in [0.717, 1.165) is 93.2 Å². The monoisotopic (exact) mass is 912 g/mol. The van der Waals surface area contributed by atoms with Crippen LogP contribution < -0.4 is 28.4 Å². The highest BCUT2D eigenvalue weighted by atomic mass is 16.5. The van der Waals surface area contributed by atoms with E-state index >= 15 is 0 Å². The summed E-state index contributed by atoms with van der Waals surface area (Å²) in [7, 11) is 3.34. The summed E-state index contributed by atoms with van der Waals surface area (Å²) in [6.45, 7) is 10.1. The molecule has 10 heteroatoms. The van der Waals surface area contributed by atoms with E-state index in [1.54, 1.807) is 14.2 Å². The molecule has 0 aliphatic heterocycles. The van der Waals surface area contributed by atoms with Crippen LogP contribution in [0.2, 0.25) is 0 Å². The number of benzene rings is 6. The minimum Gasteiger partial charge on any atom is -0.496 e. The van der Waals surface area contributed by atoms with Crippen LogP contribution >= 0.6 is 0 Å². The highest BCUT2D eigenvalue weighted by molar-refractivity contribution is 5.77. The standard InChI is InChI=1S/2C28H32O5.CH4/c2*1-4-5-15-32-27-17-21(13-14-25(27)24-11-6-7-12-26(24)31-3)19-33-23-10-8-9-22(18-23)20(2)16-28(29)30;/h2*6-14,17-18,20H,4-5,15-16,19H2,1-3H3,(H,29,30);1H4/t2*20-;/m10./s1. The molecule has 6 aromatic rings. The van der Waals surface area contributed by atoms with Crippen LogP contribution in [0, 0.1) is 0 Å². The maximum Gasteiger partial charge on any atom is 0.303 e. The van der Waals surface area contributed by atoms with Crippen molar-refractivity contribution in [3.05, 3.63) is 156 Å². The Morgan fingerprint density at radius 1 is 0.478 bits per heavy atom. The van der Waals surface area contributed by atoms with Crippen molar-refractivity contribution >= 4 is 11.9 Å². The average molecular weight is 913 g/mol. The first-order chi connectivity index (χ1) is 32.0. The second kappa shape index (κ2) is 27.5. The highest BCUT2D eigenvalue weighted by Gasteiger charge is 2.16. The molecule has 0 aromatic heterocycles. The van der Waals surface area contributed by atoms with Gasteiger partial charge in [0.15, 0.2) is 0 Å². The van der Waals surface area contributed by atoms with Crippen molar-refractivity contribution < 1.29 is 48.2 Å². The molecular formula is C57H68O10. The Kier molecular flexibility index (Phi) is 21.6. The number of carboxylic acids is 2. The SMILES string of the molecule is C.CCCCOc1cc(COc2cccc([C@@H](C)CC(=O)O)c2)ccc1-c1ccccc1OC.CCCCOc1cc(COc2cccc([C@H](C)CC(=O)O)c2)ccc1-c1ccccc1OC. The van der Waals surface area contributed by atoms with Crippen molar-refractivity contribution in [2.75, 3.05) is 27.4 Å². The first-order valence-corrected chi connectivity index (χ1v) is 22.7. The predicted octanol–water partition coefficient (Wildman–Crippen LogP) is 14.0. The largest absolute Gasteiger partial charge is 0.496 e. The number of hydrogen-bond acceptors (Lipinski definition) is 8. The molecule has 0 bridgehead atoms. The van der Waals surface area contributed by atoms with Gasteiger partial charge in [-0.05, 0) is 95.5 Å². The topological polar surface area (TPSA) is 130 Å². The Balaban J connectivity index is 0.000000288. The maximum absolute atomic E-state index is 11.0. The molecule has 0 heterocycles. The molecule has 0 aliphatic rings. The van der Waals surface area contributed by atoms with Gasteiger partial charge < -0.3 is 38.6 Å². The van der Waals surface area contributed by atoms with Crippen molar-refractivity contribution in [1.29, 1.82) is 0 Å². The number of para-hydroxylation sites is 2. The zero-order chi connectivity index (χ0) is 47.3. The average Bonchev–Trinajstić information content (AvgIpc) is 3.33. The van der Waals surface area contributed by atoms with E-state index in [1.807, 2.05) is 147 Å². The number of carboxylic acid groups (broad SMARTS) is 2. The van der Waals surface area contributed by atoms with Crippen molar-refractivity contribution in [3.63, 3.8) is 0 Å². The third-order valence-electron chi connectivity index (χ3n) is 11.0. The molecule has 0 radical (unpaired) electrons. The van der Waals surface area contributed by atoms with E-state index in [1.165, 1.54) is 0 Å². The second-order valence-electron chi connectivity index (χ2n) is 16.2. The Morgan fingerprint density at radius 2 is 0.866 bits per heavy atom. The Labute approximate surface area is 397 Å². The van der Waals surface area contributed by atoms with Crippen LogP contribution in [0.1, 0.15) is 108 Å². The maximum atomic E-state index is 11.0. The summed E-state index contributed by atoms with van der Waals surface area (Å²) in [6, 6.07) is 43.3. The summed E-state index contributed by atoms with van der Waals surface area (Å²) in [5.41, 5.74) is 7.81. The molecule has 0 spiro atoms. The van der Waals surface area contributed by atoms with Crippen molar-refractivity contribution in [1.82, 2.24) is 0 Å². The minimum absolute atomic E-state index is 0. The van der Waals surface area contributed by atoms with Gasteiger partial charge in [0.1, 0.15) is 47.7 Å². The van der Waals surface area contributed by atoms with E-state index in [4.69, 9.17) is 38.6 Å². The van der Waals surface area contributed by atoms with Gasteiger partial charge in [0, 0.05) is 22.3 Å². The molecule has 0 saturated heterocycles. The lowest BCUT2D eigenvalue weighted by molar-refractivity contribution is -0.138. The Morgan fingerprint density at radius 3 is 1.24 bits per heavy atom. The summed E-state index contributed by atoms with van der Waals surface area (Å²) in [4.78, 5) is 22.0. The van der Waals surface area contributed by atoms with E-state index in [0.29, 0.717) is 37.9 Å². The number of unbranched alkanes of at least 4 members (excludes halogenated alkanes) is 2. The number of methoxy groups -OCH3 is 2. The smallest absolute Gasteiger partial charge is 0.303 e. The lowest BCUT2D eigenvalue weighted by atomic mass is 9.98. The molecular weight excluding hydrogens is 845 g/mol. The Bertz CT molecular complexity index is 2290. The van der Waals surface area contributed by atoms with Crippen molar-refractivity contribution in [2.45, 2.75) is 98.7 Å². The van der Waals surface area contributed by atoms with Crippen LogP contribution in [0.4, 0.5) is 0 Å². The van der Waals surface area contributed by atoms with E-state index in [9.17, 15) is 9.59 Å². The summed E-state index contributed by atoms with van der Waals surface area (Å²) in [5, 5.41) is 18.1. The third-order valence-corrected chi connectivity index (χ3v) is 11.0. The molecule has 0 aliphatic carbocycles. The molecule has 2 atom stereocenters. The van der Waals surface area contributed by atoms with Crippen LogP contribution in [0.5, 0.6) is 34.5 Å². The van der Waals surface area contributed by atoms with Gasteiger partial charge in [-0.2, -0.15) is 0 Å². The van der Waals surface area contributed by atoms with Crippen LogP contribution in [0.25, 0.3) is 22.3 Å². The normalized spacial score (nSPS) is 11.4. The molecule has 10 nitrogen and oxygen atoms in total. The summed E-state index contributed by atoms with van der Waals surface area (Å²) in [6.07, 6.45) is 4.26. The quantitative estimate of drug-likeness (QED) is 0.0566. The third kappa shape index (κ3) is 16.2. The zero-order valence-electron chi connectivity index (χ0n) is 39.1. The summed E-state index contributed by atoms with van der Waals surface area (Å²) in [5.74, 6) is 2.87. The van der Waals surface area contributed by atoms with Gasteiger partial charge >= 0.3 is 11.9 Å². The van der Waals surface area contributed by atoms with Crippen LogP contribution in [-0.2, 0) is 22.8 Å². The number of carbonyl (C=O) groups is 2. The molecule has 356 valence electrons. The lowest BCUT2D eigenvalue weighted by Gasteiger charge is -2.16. The van der Waals surface area contributed by atoms with Crippen LogP contribution in [-0.4, -0.2) is 49.6 Å². The molecule has 0 unspecified atom stereocenters. The minimum atomic E-state index is -0.806. The van der Waals surface area contributed by atoms with Gasteiger partial charge in [-0.1, -0.05) is 133 Å². The van der Waals surface area contributed by atoms with Gasteiger partial charge in [0.05, 0.1) is 40.3 Å². The predicted molar refractivity (Wildman–Crippen MR) is 267 cm³/mol. The summed E-state index contributed by atoms with van der Waals surface area (Å²) >= 11 is 0. The Hall–Kier alpha value is -6.94. The van der Waals surface area contributed by atoms with Crippen LogP contribution in [0.15, 0.2) is 133 Å². The molecule has 0 fully saturated rings. The fraction of sp³-hybridized carbons (Fsp3) is 0.333. The van der Waals surface area contributed by atoms with E-state index in [2.05, 4.69) is 13.8 Å². The van der Waals surface area contributed by atoms with Gasteiger partial charge in [-0.15, -0.1) is 0 Å². The van der Waals surface area contributed by atoms with Crippen molar-refractivity contribution in [2.24, 2.45) is 0 Å². The van der Waals surface area contributed by atoms with Gasteiger partial charge in [-0.3, -0.25) is 9.59 Å². The zero-order valence-corrected chi connectivity index (χ0v) is 39.1. The number of ether oxygens (including phenoxy) is 6. The van der Waals surface area contributed by atoms with Gasteiger partial charge in [-0.25, -0.2) is 0 Å². The fourth-order valence-electron chi connectivity index (χ4n) is 7.30. The molecule has 2 N–H and O–H groups in total. The number of aliphatic carboxylic acids is 2. The highest BCUT2D eigenvalue weighted by Crippen LogP contribution is 2.39. The van der Waals surface area contributed by atoms with Crippen LogP contribution in [0.3, 0.4) is 0 Å². The van der Waals surface area contributed by atoms with E-state index < -0.39 is 11.9 Å². The molecule has 0 amide bonds. The molecule has 67 heavy (non-hydrogen) atoms. The van der Waals surface area contributed by atoms with Gasteiger partial charge in [0.2, 0.25) is 0 Å². The number of rotatable bonds is 24. The molecule has 0 saturated carbocycles. The van der Waals surface area contributed by atoms with Crippen molar-refractivity contribution in [3.8, 4) is 56.8 Å². The lowest BCUT2D eigenvalue weighted by Crippen LogP contribution is -2.04. The fourth-order valence-corrected chi connectivity index (χ4v) is 7.30. The molecule has 6 rings (SSSR count). The molecule has 6 aromatic carbocycles. The first-order valence-electron chi connectivity index (χ1n) is 22.7. The first kappa shape index (κ1) is 52.7. The summed E-state index contributed by atoms with van der Waals surface area (Å²) < 4.78 is 35.5. The van der Waals surface area contributed by atoms with Gasteiger partial charge in [0.25, 0.3) is 0 Å². The number of hydrogen-bond donors (Lipinski definition) is 2. The van der Waals surface area contributed by atoms with E-state index in [-0.39, 0.29) is 32.1 Å². The second-order valence-corrected chi connectivity index (χ2v) is 16.2.